The molecule has 0 saturated carbocycles. The molecule has 1 heteroatoms. The topological polar surface area (TPSA) is 0 Å². The summed E-state index contributed by atoms with van der Waals surface area (Å²) in [6.07, 6.45) is 1.26. The number of rotatable bonds is 4. The third kappa shape index (κ3) is 2.22. The van der Waals surface area contributed by atoms with Gasteiger partial charge in [0.2, 0.25) is 0 Å². The molecule has 0 bridgehead atoms. The Morgan fingerprint density at radius 3 is 1.44 bits per heavy atom. The van der Waals surface area contributed by atoms with Crippen molar-refractivity contribution in [1.82, 2.24) is 0 Å². The van der Waals surface area contributed by atoms with Crippen LogP contribution in [0.5, 0.6) is 0 Å². The van der Waals surface area contributed by atoms with Gasteiger partial charge in [0.1, 0.15) is 0 Å². The Kier molecular flexibility index (Phi) is 4.19. The third-order valence-corrected chi connectivity index (χ3v) is 9.93. The summed E-state index contributed by atoms with van der Waals surface area (Å²) in [4.78, 5) is 0. The average Bonchev–Trinajstić information content (AvgIpc) is 2.42. The van der Waals surface area contributed by atoms with E-state index < -0.39 is 7.26 Å². The molecule has 0 aromatic heterocycles. The normalized spacial score (nSPS) is 12.7. The molecule has 0 saturated heterocycles. The molecule has 0 fully saturated rings. The van der Waals surface area contributed by atoms with Crippen LogP contribution in [0.15, 0.2) is 60.7 Å². The number of hydrogen-bond acceptors (Lipinski definition) is 0. The molecule has 0 aliphatic carbocycles. The average molecular weight is 258 g/mol. The molecule has 0 N–H and O–H groups in total. The summed E-state index contributed by atoms with van der Waals surface area (Å²) < 4.78 is 0. The summed E-state index contributed by atoms with van der Waals surface area (Å²) in [5.41, 5.74) is 0.715. The fourth-order valence-corrected chi connectivity index (χ4v) is 8.00. The molecule has 0 spiro atoms. The van der Waals surface area contributed by atoms with Gasteiger partial charge in [0.25, 0.3) is 0 Å². The van der Waals surface area contributed by atoms with Crippen LogP contribution in [-0.2, 0) is 0 Å². The Labute approximate surface area is 111 Å². The van der Waals surface area contributed by atoms with E-state index in [4.69, 9.17) is 0 Å². The Bertz CT molecular complexity index is 434. The summed E-state index contributed by atoms with van der Waals surface area (Å²) >= 11 is 0. The zero-order chi connectivity index (χ0) is 13.0. The SMILES string of the molecule is CC[PH](c1ccccc1)(c1ccccc1)C(C)C. The van der Waals surface area contributed by atoms with Crippen LogP contribution < -0.4 is 10.6 Å². The maximum atomic E-state index is 2.38. The van der Waals surface area contributed by atoms with Gasteiger partial charge in [-0.2, -0.15) is 0 Å². The van der Waals surface area contributed by atoms with Crippen LogP contribution in [0.2, 0.25) is 0 Å². The second-order valence-electron chi connectivity index (χ2n) is 5.21. The first-order valence-corrected chi connectivity index (χ1v) is 9.11. The van der Waals surface area contributed by atoms with Gasteiger partial charge in [-0.25, -0.2) is 0 Å². The summed E-state index contributed by atoms with van der Waals surface area (Å²) in [6, 6.07) is 22.2. The number of benzene rings is 2. The van der Waals surface area contributed by atoms with Crippen molar-refractivity contribution in [3.63, 3.8) is 0 Å². The van der Waals surface area contributed by atoms with Crippen molar-refractivity contribution in [2.24, 2.45) is 0 Å². The monoisotopic (exact) mass is 258 g/mol. The third-order valence-electron chi connectivity index (χ3n) is 4.12. The molecule has 0 unspecified atom stereocenters. The van der Waals surface area contributed by atoms with Gasteiger partial charge in [0, 0.05) is 0 Å². The van der Waals surface area contributed by atoms with E-state index in [1.165, 1.54) is 6.16 Å². The van der Waals surface area contributed by atoms with E-state index in [9.17, 15) is 0 Å². The Morgan fingerprint density at radius 1 is 0.778 bits per heavy atom. The van der Waals surface area contributed by atoms with Crippen LogP contribution in [-0.4, -0.2) is 11.8 Å². The van der Waals surface area contributed by atoms with Crippen LogP contribution in [0, 0.1) is 0 Å². The summed E-state index contributed by atoms with van der Waals surface area (Å²) in [5, 5.41) is 3.13. The second kappa shape index (κ2) is 5.67. The molecule has 0 amide bonds. The second-order valence-corrected chi connectivity index (χ2v) is 10.2. The van der Waals surface area contributed by atoms with Gasteiger partial charge in [-0.1, -0.05) is 0 Å². The van der Waals surface area contributed by atoms with Crippen molar-refractivity contribution in [3.05, 3.63) is 60.7 Å². The molecular weight excluding hydrogens is 235 g/mol. The minimum atomic E-state index is -1.60. The Balaban J connectivity index is 2.61. The Hall–Kier alpha value is -1.13. The molecule has 2 aromatic carbocycles. The van der Waals surface area contributed by atoms with Crippen molar-refractivity contribution >= 4 is 17.9 Å². The van der Waals surface area contributed by atoms with Crippen LogP contribution >= 0.6 is 7.26 Å². The standard InChI is InChI=1S/C17H23P/c1-4-18(15(2)3,16-11-7-5-8-12-16)17-13-9-6-10-14-17/h5-15,18H,4H2,1-3H3. The van der Waals surface area contributed by atoms with Crippen molar-refractivity contribution in [2.75, 3.05) is 6.16 Å². The van der Waals surface area contributed by atoms with Gasteiger partial charge in [-0.15, -0.1) is 0 Å². The van der Waals surface area contributed by atoms with Gasteiger partial charge in [-0.3, -0.25) is 0 Å². The predicted octanol–water partition coefficient (Wildman–Crippen LogP) is 3.82. The molecule has 18 heavy (non-hydrogen) atoms. The minimum absolute atomic E-state index is 0.715. The first-order valence-electron chi connectivity index (χ1n) is 6.83. The van der Waals surface area contributed by atoms with E-state index in [0.29, 0.717) is 5.66 Å². The molecule has 0 aliphatic heterocycles. The van der Waals surface area contributed by atoms with E-state index in [0.717, 1.165) is 0 Å². The van der Waals surface area contributed by atoms with Crippen LogP contribution in [0.3, 0.4) is 0 Å². The molecule has 0 heterocycles. The van der Waals surface area contributed by atoms with Gasteiger partial charge in [0.05, 0.1) is 0 Å². The maximum absolute atomic E-state index is 2.38. The molecule has 0 aliphatic rings. The fourth-order valence-electron chi connectivity index (χ4n) is 3.12. The molecule has 0 radical (unpaired) electrons. The van der Waals surface area contributed by atoms with E-state index >= 15 is 0 Å². The first-order chi connectivity index (χ1) is 8.71. The van der Waals surface area contributed by atoms with E-state index in [2.05, 4.69) is 81.4 Å². The molecular formula is C17H23P. The summed E-state index contributed by atoms with van der Waals surface area (Å²) in [6.45, 7) is 7.12. The molecule has 0 nitrogen and oxygen atoms in total. The quantitative estimate of drug-likeness (QED) is 0.731. The molecule has 0 atom stereocenters. The van der Waals surface area contributed by atoms with E-state index in [1.807, 2.05) is 0 Å². The van der Waals surface area contributed by atoms with Crippen molar-refractivity contribution < 1.29 is 0 Å². The summed E-state index contributed by atoms with van der Waals surface area (Å²) in [7, 11) is -1.60. The van der Waals surface area contributed by atoms with Gasteiger partial charge in [-0.05, 0) is 0 Å². The summed E-state index contributed by atoms with van der Waals surface area (Å²) in [5.74, 6) is 0. The predicted molar refractivity (Wildman–Crippen MR) is 86.1 cm³/mol. The zero-order valence-corrected chi connectivity index (χ0v) is 12.6. The van der Waals surface area contributed by atoms with Gasteiger partial charge >= 0.3 is 111 Å². The fraction of sp³-hybridized carbons (Fsp3) is 0.294. The van der Waals surface area contributed by atoms with Crippen LogP contribution in [0.1, 0.15) is 20.8 Å². The van der Waals surface area contributed by atoms with Gasteiger partial charge in [0.15, 0.2) is 0 Å². The molecule has 96 valence electrons. The van der Waals surface area contributed by atoms with Gasteiger partial charge < -0.3 is 0 Å². The Morgan fingerprint density at radius 2 is 1.17 bits per heavy atom. The van der Waals surface area contributed by atoms with Crippen LogP contribution in [0.4, 0.5) is 0 Å². The first kappa shape index (κ1) is 13.3. The van der Waals surface area contributed by atoms with E-state index in [1.54, 1.807) is 10.6 Å². The van der Waals surface area contributed by atoms with Crippen molar-refractivity contribution in [1.29, 1.82) is 0 Å². The number of hydrogen-bond donors (Lipinski definition) is 0. The van der Waals surface area contributed by atoms with Crippen molar-refractivity contribution in [2.45, 2.75) is 26.4 Å². The van der Waals surface area contributed by atoms with Crippen molar-refractivity contribution in [3.8, 4) is 0 Å². The zero-order valence-electron chi connectivity index (χ0n) is 11.6. The molecule has 2 aromatic rings. The molecule has 2 rings (SSSR count). The van der Waals surface area contributed by atoms with E-state index in [-0.39, 0.29) is 0 Å². The van der Waals surface area contributed by atoms with Crippen LogP contribution in [0.25, 0.3) is 0 Å².